The lowest BCUT2D eigenvalue weighted by molar-refractivity contribution is -0.140. The van der Waals surface area contributed by atoms with Crippen LogP contribution in [0.15, 0.2) is 16.6 Å². The summed E-state index contributed by atoms with van der Waals surface area (Å²) in [6.07, 6.45) is 0.625. The lowest BCUT2D eigenvalue weighted by atomic mass is 10.3. The summed E-state index contributed by atoms with van der Waals surface area (Å²) in [4.78, 5) is 22.4. The van der Waals surface area contributed by atoms with Crippen molar-refractivity contribution in [3.63, 3.8) is 0 Å². The van der Waals surface area contributed by atoms with Gasteiger partial charge >= 0.3 is 12.0 Å². The highest BCUT2D eigenvalue weighted by Crippen LogP contribution is 2.35. The molecule has 1 fully saturated rings. The molecule has 1 aromatic rings. The van der Waals surface area contributed by atoms with Gasteiger partial charge in [-0.15, -0.1) is 0 Å². The molecule has 0 spiro atoms. The molecular formula is C11H9BrF2N2O3. The molecule has 2 rings (SSSR count). The molecule has 0 unspecified atom stereocenters. The molecule has 0 radical (unpaired) electrons. The van der Waals surface area contributed by atoms with Crippen LogP contribution in [0.25, 0.3) is 0 Å². The Morgan fingerprint density at radius 1 is 1.26 bits per heavy atom. The second kappa shape index (κ2) is 4.76. The third kappa shape index (κ3) is 2.83. The van der Waals surface area contributed by atoms with Gasteiger partial charge in [0.25, 0.3) is 0 Å². The fourth-order valence-electron chi connectivity index (χ4n) is 1.51. The molecular weight excluding hydrogens is 326 g/mol. The van der Waals surface area contributed by atoms with Gasteiger partial charge in [0.15, 0.2) is 0 Å². The fraction of sp³-hybridized carbons (Fsp3) is 0.273. The number of halogens is 3. The zero-order valence-corrected chi connectivity index (χ0v) is 11.1. The molecule has 1 aromatic carbocycles. The molecule has 1 aliphatic carbocycles. The van der Waals surface area contributed by atoms with Crippen molar-refractivity contribution < 1.29 is 23.5 Å². The van der Waals surface area contributed by atoms with Crippen molar-refractivity contribution in [2.24, 2.45) is 0 Å². The molecule has 1 aliphatic rings. The minimum absolute atomic E-state index is 0.0693. The standard InChI is InChI=1S/C11H9BrF2N2O3/c12-5-3-7(14)8(4-6(5)13)15-10(19)16-11(1-2-11)9(17)18/h3-4H,1-2H2,(H,17,18)(H2,15,16,19). The van der Waals surface area contributed by atoms with Crippen LogP contribution in [0.3, 0.4) is 0 Å². The Bertz CT molecular complexity index is 561. The van der Waals surface area contributed by atoms with Gasteiger partial charge in [-0.2, -0.15) is 0 Å². The molecule has 2 amide bonds. The predicted molar refractivity (Wildman–Crippen MR) is 65.8 cm³/mol. The SMILES string of the molecule is O=C(Nc1cc(F)c(Br)cc1F)NC1(C(=O)O)CC1. The Morgan fingerprint density at radius 2 is 1.89 bits per heavy atom. The number of amides is 2. The number of nitrogens with one attached hydrogen (secondary N) is 2. The molecule has 1 saturated carbocycles. The van der Waals surface area contributed by atoms with Crippen LogP contribution < -0.4 is 10.6 Å². The van der Waals surface area contributed by atoms with E-state index in [9.17, 15) is 18.4 Å². The molecule has 0 aromatic heterocycles. The van der Waals surface area contributed by atoms with Crippen LogP contribution in [-0.2, 0) is 4.79 Å². The molecule has 0 bridgehead atoms. The number of urea groups is 1. The van der Waals surface area contributed by atoms with Crippen molar-refractivity contribution in [2.45, 2.75) is 18.4 Å². The maximum Gasteiger partial charge on any atom is 0.329 e. The van der Waals surface area contributed by atoms with E-state index in [1.807, 2.05) is 0 Å². The van der Waals surface area contributed by atoms with Gasteiger partial charge < -0.3 is 15.7 Å². The van der Waals surface area contributed by atoms with Gasteiger partial charge in [0.1, 0.15) is 17.2 Å². The summed E-state index contributed by atoms with van der Waals surface area (Å²) < 4.78 is 26.6. The van der Waals surface area contributed by atoms with E-state index in [1.54, 1.807) is 0 Å². The van der Waals surface area contributed by atoms with Crippen molar-refractivity contribution >= 4 is 33.6 Å². The quantitative estimate of drug-likeness (QED) is 0.743. The van der Waals surface area contributed by atoms with E-state index in [1.165, 1.54) is 0 Å². The smallest absolute Gasteiger partial charge is 0.329 e. The van der Waals surface area contributed by atoms with Gasteiger partial charge in [0.05, 0.1) is 10.2 Å². The van der Waals surface area contributed by atoms with Gasteiger partial charge in [-0.25, -0.2) is 18.4 Å². The van der Waals surface area contributed by atoms with Gasteiger partial charge in [-0.3, -0.25) is 0 Å². The summed E-state index contributed by atoms with van der Waals surface area (Å²) >= 11 is 2.80. The third-order valence-corrected chi connectivity index (χ3v) is 3.38. The number of carbonyl (C=O) groups is 2. The van der Waals surface area contributed by atoms with E-state index in [4.69, 9.17) is 5.11 Å². The molecule has 19 heavy (non-hydrogen) atoms. The summed E-state index contributed by atoms with van der Waals surface area (Å²) in [6.45, 7) is 0. The number of anilines is 1. The molecule has 0 saturated heterocycles. The largest absolute Gasteiger partial charge is 0.480 e. The minimum atomic E-state index is -1.28. The van der Waals surface area contributed by atoms with Gasteiger partial charge in [-0.05, 0) is 34.8 Å². The minimum Gasteiger partial charge on any atom is -0.480 e. The number of hydrogen-bond donors (Lipinski definition) is 3. The second-order valence-corrected chi connectivity index (χ2v) is 5.07. The monoisotopic (exact) mass is 334 g/mol. The number of aliphatic carboxylic acids is 1. The second-order valence-electron chi connectivity index (χ2n) is 4.21. The lowest BCUT2D eigenvalue weighted by Gasteiger charge is -2.14. The van der Waals surface area contributed by atoms with E-state index in [0.717, 1.165) is 12.1 Å². The van der Waals surface area contributed by atoms with Crippen LogP contribution in [0.4, 0.5) is 19.3 Å². The Balaban J connectivity index is 2.08. The molecule has 0 atom stereocenters. The highest BCUT2D eigenvalue weighted by molar-refractivity contribution is 9.10. The number of rotatable bonds is 3. The van der Waals surface area contributed by atoms with E-state index in [0.29, 0.717) is 12.8 Å². The number of carbonyl (C=O) groups excluding carboxylic acids is 1. The number of benzene rings is 1. The number of carboxylic acid groups (broad SMARTS) is 1. The molecule has 102 valence electrons. The van der Waals surface area contributed by atoms with Crippen molar-refractivity contribution in [1.29, 1.82) is 0 Å². The van der Waals surface area contributed by atoms with Gasteiger partial charge in [-0.1, -0.05) is 0 Å². The van der Waals surface area contributed by atoms with E-state index < -0.39 is 29.2 Å². The Labute approximate surface area is 115 Å². The summed E-state index contributed by atoms with van der Waals surface area (Å²) in [5, 5.41) is 13.2. The Kier molecular flexibility index (Phi) is 3.44. The zero-order chi connectivity index (χ0) is 14.2. The molecule has 0 aliphatic heterocycles. The van der Waals surface area contributed by atoms with E-state index >= 15 is 0 Å². The maximum atomic E-state index is 13.4. The van der Waals surface area contributed by atoms with Crippen LogP contribution in [0.2, 0.25) is 0 Å². The van der Waals surface area contributed by atoms with Crippen molar-refractivity contribution in [3.05, 3.63) is 28.2 Å². The van der Waals surface area contributed by atoms with Crippen LogP contribution in [0.5, 0.6) is 0 Å². The highest BCUT2D eigenvalue weighted by atomic mass is 79.9. The zero-order valence-electron chi connectivity index (χ0n) is 9.47. The summed E-state index contributed by atoms with van der Waals surface area (Å²) in [5.74, 6) is -2.72. The van der Waals surface area contributed by atoms with Crippen molar-refractivity contribution in [3.8, 4) is 0 Å². The molecule has 0 heterocycles. The Morgan fingerprint density at radius 3 is 2.42 bits per heavy atom. The average Bonchev–Trinajstić information content (AvgIpc) is 3.06. The summed E-state index contributed by atoms with van der Waals surface area (Å²) in [7, 11) is 0. The predicted octanol–water partition coefficient (Wildman–Crippen LogP) is 2.47. The molecule has 8 heteroatoms. The Hall–Kier alpha value is -1.70. The molecule has 5 nitrogen and oxygen atoms in total. The van der Waals surface area contributed by atoms with Gasteiger partial charge in [0.2, 0.25) is 0 Å². The first kappa shape index (κ1) is 13.7. The fourth-order valence-corrected chi connectivity index (χ4v) is 1.82. The van der Waals surface area contributed by atoms with Crippen LogP contribution in [-0.4, -0.2) is 22.6 Å². The number of carboxylic acids is 1. The van der Waals surface area contributed by atoms with E-state index in [2.05, 4.69) is 26.6 Å². The van der Waals surface area contributed by atoms with Gasteiger partial charge in [0, 0.05) is 6.07 Å². The topological polar surface area (TPSA) is 78.4 Å². The van der Waals surface area contributed by atoms with Crippen LogP contribution >= 0.6 is 15.9 Å². The number of hydrogen-bond acceptors (Lipinski definition) is 2. The van der Waals surface area contributed by atoms with Crippen molar-refractivity contribution in [1.82, 2.24) is 5.32 Å². The third-order valence-electron chi connectivity index (χ3n) is 2.77. The first-order chi connectivity index (χ1) is 8.84. The highest BCUT2D eigenvalue weighted by Gasteiger charge is 2.51. The first-order valence-electron chi connectivity index (χ1n) is 5.31. The average molecular weight is 335 g/mol. The summed E-state index contributed by atoms with van der Waals surface area (Å²) in [6, 6.07) is 0.787. The van der Waals surface area contributed by atoms with Crippen LogP contribution in [0, 0.1) is 11.6 Å². The molecule has 3 N–H and O–H groups in total. The lowest BCUT2D eigenvalue weighted by Crippen LogP contribution is -2.45. The maximum absolute atomic E-state index is 13.4. The van der Waals surface area contributed by atoms with E-state index in [-0.39, 0.29) is 10.2 Å². The van der Waals surface area contributed by atoms with Crippen LogP contribution in [0.1, 0.15) is 12.8 Å². The summed E-state index contributed by atoms with van der Waals surface area (Å²) in [5.41, 5.74) is -1.64. The van der Waals surface area contributed by atoms with Crippen molar-refractivity contribution in [2.75, 3.05) is 5.32 Å². The normalized spacial score (nSPS) is 15.7. The first-order valence-corrected chi connectivity index (χ1v) is 6.10.